The Morgan fingerprint density at radius 1 is 1.32 bits per heavy atom. The van der Waals surface area contributed by atoms with Gasteiger partial charge in [-0.3, -0.25) is 4.90 Å². The van der Waals surface area contributed by atoms with Gasteiger partial charge in [-0.1, -0.05) is 6.07 Å². The summed E-state index contributed by atoms with van der Waals surface area (Å²) in [6.07, 6.45) is 2.12. The molecule has 2 N–H and O–H groups in total. The van der Waals surface area contributed by atoms with Crippen molar-refractivity contribution in [1.82, 2.24) is 4.90 Å². The summed E-state index contributed by atoms with van der Waals surface area (Å²) in [6, 6.07) is 6.35. The van der Waals surface area contributed by atoms with Crippen LogP contribution in [0.1, 0.15) is 11.6 Å². The molecule has 0 saturated carbocycles. The van der Waals surface area contributed by atoms with Crippen LogP contribution in [0.15, 0.2) is 18.2 Å². The lowest BCUT2D eigenvalue weighted by Gasteiger charge is -2.28. The van der Waals surface area contributed by atoms with E-state index in [-0.39, 0.29) is 6.04 Å². The molecule has 1 aliphatic heterocycles. The SMILES string of the molecule is CSCCN(C)C(CN)c1ccc2c(c1)OCCO2. The third-order valence-corrected chi connectivity index (χ3v) is 3.95. The molecule has 1 aromatic rings. The van der Waals surface area contributed by atoms with Crippen LogP contribution in [0.5, 0.6) is 11.5 Å². The zero-order valence-electron chi connectivity index (χ0n) is 11.6. The quantitative estimate of drug-likeness (QED) is 0.861. The largest absolute Gasteiger partial charge is 0.486 e. The molecular formula is C14H22N2O2S. The van der Waals surface area contributed by atoms with E-state index in [0.717, 1.165) is 23.8 Å². The van der Waals surface area contributed by atoms with Crippen molar-refractivity contribution in [2.24, 2.45) is 5.73 Å². The molecule has 0 amide bonds. The first kappa shape index (κ1) is 14.5. The molecule has 1 unspecified atom stereocenters. The van der Waals surface area contributed by atoms with Crippen LogP contribution in [-0.4, -0.2) is 50.3 Å². The van der Waals surface area contributed by atoms with Crippen LogP contribution < -0.4 is 15.2 Å². The molecule has 0 spiro atoms. The van der Waals surface area contributed by atoms with Crippen LogP contribution in [0.3, 0.4) is 0 Å². The van der Waals surface area contributed by atoms with Gasteiger partial charge in [-0.05, 0) is 31.0 Å². The smallest absolute Gasteiger partial charge is 0.161 e. The van der Waals surface area contributed by atoms with E-state index in [9.17, 15) is 0 Å². The second-order valence-corrected chi connectivity index (χ2v) is 5.61. The minimum absolute atomic E-state index is 0.225. The molecule has 0 fully saturated rings. The van der Waals surface area contributed by atoms with E-state index in [2.05, 4.69) is 30.3 Å². The number of nitrogens with zero attached hydrogens (tertiary/aromatic N) is 1. The molecule has 1 atom stereocenters. The molecule has 0 radical (unpaired) electrons. The highest BCUT2D eigenvalue weighted by Crippen LogP contribution is 2.33. The third-order valence-electron chi connectivity index (χ3n) is 3.35. The first-order valence-corrected chi connectivity index (χ1v) is 7.94. The number of rotatable bonds is 6. The van der Waals surface area contributed by atoms with E-state index in [1.807, 2.05) is 17.8 Å². The van der Waals surface area contributed by atoms with Gasteiger partial charge in [0.1, 0.15) is 13.2 Å². The van der Waals surface area contributed by atoms with Gasteiger partial charge in [0.25, 0.3) is 0 Å². The van der Waals surface area contributed by atoms with E-state index in [1.54, 1.807) is 0 Å². The van der Waals surface area contributed by atoms with E-state index >= 15 is 0 Å². The third kappa shape index (κ3) is 3.55. The molecule has 1 heterocycles. The van der Waals surface area contributed by atoms with Crippen molar-refractivity contribution in [3.8, 4) is 11.5 Å². The summed E-state index contributed by atoms with van der Waals surface area (Å²) < 4.78 is 11.2. The average molecular weight is 282 g/mol. The minimum Gasteiger partial charge on any atom is -0.486 e. The van der Waals surface area contributed by atoms with Crippen LogP contribution in [0.2, 0.25) is 0 Å². The number of nitrogens with two attached hydrogens (primary N) is 1. The van der Waals surface area contributed by atoms with Gasteiger partial charge in [-0.2, -0.15) is 11.8 Å². The number of ether oxygens (including phenoxy) is 2. The summed E-state index contributed by atoms with van der Waals surface area (Å²) >= 11 is 1.85. The second-order valence-electron chi connectivity index (χ2n) is 4.63. The Bertz CT molecular complexity index is 414. The number of hydrogen-bond acceptors (Lipinski definition) is 5. The summed E-state index contributed by atoms with van der Waals surface area (Å²) in [4.78, 5) is 2.29. The Morgan fingerprint density at radius 3 is 2.74 bits per heavy atom. The van der Waals surface area contributed by atoms with Crippen molar-refractivity contribution in [2.45, 2.75) is 6.04 Å². The summed E-state index contributed by atoms with van der Waals surface area (Å²) in [5.41, 5.74) is 7.12. The minimum atomic E-state index is 0.225. The van der Waals surface area contributed by atoms with Gasteiger partial charge in [-0.25, -0.2) is 0 Å². The van der Waals surface area contributed by atoms with Crippen molar-refractivity contribution >= 4 is 11.8 Å². The van der Waals surface area contributed by atoms with Crippen LogP contribution in [0.4, 0.5) is 0 Å². The fraction of sp³-hybridized carbons (Fsp3) is 0.571. The number of benzene rings is 1. The van der Waals surface area contributed by atoms with Gasteiger partial charge < -0.3 is 15.2 Å². The monoisotopic (exact) mass is 282 g/mol. The number of fused-ring (bicyclic) bond motifs is 1. The van der Waals surface area contributed by atoms with Crippen LogP contribution in [0.25, 0.3) is 0 Å². The van der Waals surface area contributed by atoms with E-state index in [0.29, 0.717) is 19.8 Å². The van der Waals surface area contributed by atoms with E-state index in [1.165, 1.54) is 5.56 Å². The van der Waals surface area contributed by atoms with Crippen molar-refractivity contribution in [1.29, 1.82) is 0 Å². The predicted octanol–water partition coefficient (Wildman–Crippen LogP) is 1.75. The van der Waals surface area contributed by atoms with Gasteiger partial charge in [-0.15, -0.1) is 0 Å². The first-order valence-electron chi connectivity index (χ1n) is 6.55. The molecule has 106 valence electrons. The molecular weight excluding hydrogens is 260 g/mol. The summed E-state index contributed by atoms with van der Waals surface area (Å²) in [7, 11) is 2.12. The van der Waals surface area contributed by atoms with Gasteiger partial charge in [0.05, 0.1) is 0 Å². The van der Waals surface area contributed by atoms with Crippen molar-refractivity contribution in [2.75, 3.05) is 45.4 Å². The summed E-state index contributed by atoms with van der Waals surface area (Å²) in [5.74, 6) is 2.77. The maximum absolute atomic E-state index is 5.93. The van der Waals surface area contributed by atoms with Crippen LogP contribution in [0, 0.1) is 0 Å². The van der Waals surface area contributed by atoms with Crippen LogP contribution in [-0.2, 0) is 0 Å². The van der Waals surface area contributed by atoms with Crippen LogP contribution >= 0.6 is 11.8 Å². The standard InChI is InChI=1S/C14H22N2O2S/c1-16(5-8-19-2)12(10-15)11-3-4-13-14(9-11)18-7-6-17-13/h3-4,9,12H,5-8,10,15H2,1-2H3. The Morgan fingerprint density at radius 2 is 2.05 bits per heavy atom. The Labute approximate surface area is 119 Å². The predicted molar refractivity (Wildman–Crippen MR) is 80.2 cm³/mol. The molecule has 2 rings (SSSR count). The molecule has 1 aliphatic rings. The van der Waals surface area contributed by atoms with Crippen molar-refractivity contribution in [3.05, 3.63) is 23.8 Å². The maximum atomic E-state index is 5.93. The zero-order valence-corrected chi connectivity index (χ0v) is 12.4. The van der Waals surface area contributed by atoms with Gasteiger partial charge in [0.2, 0.25) is 0 Å². The van der Waals surface area contributed by atoms with Crippen molar-refractivity contribution in [3.63, 3.8) is 0 Å². The lowest BCUT2D eigenvalue weighted by molar-refractivity contribution is 0.170. The molecule has 19 heavy (non-hydrogen) atoms. The summed E-state index contributed by atoms with van der Waals surface area (Å²) in [5, 5.41) is 0. The molecule has 4 nitrogen and oxygen atoms in total. The Kier molecular flexibility index (Phi) is 5.36. The lowest BCUT2D eigenvalue weighted by atomic mass is 10.0. The van der Waals surface area contributed by atoms with Crippen molar-refractivity contribution < 1.29 is 9.47 Å². The highest BCUT2D eigenvalue weighted by Gasteiger charge is 2.19. The highest BCUT2D eigenvalue weighted by molar-refractivity contribution is 7.98. The molecule has 5 heteroatoms. The number of thioether (sulfide) groups is 1. The second kappa shape index (κ2) is 7.03. The fourth-order valence-electron chi connectivity index (χ4n) is 2.23. The fourth-order valence-corrected chi connectivity index (χ4v) is 2.70. The summed E-state index contributed by atoms with van der Waals surface area (Å²) in [6.45, 7) is 2.87. The van der Waals surface area contributed by atoms with E-state index in [4.69, 9.17) is 15.2 Å². The molecule has 0 bridgehead atoms. The normalized spacial score (nSPS) is 15.6. The molecule has 0 saturated heterocycles. The van der Waals surface area contributed by atoms with Gasteiger partial charge in [0, 0.05) is 24.9 Å². The first-order chi connectivity index (χ1) is 9.26. The average Bonchev–Trinajstić information content (AvgIpc) is 2.45. The van der Waals surface area contributed by atoms with E-state index < -0.39 is 0 Å². The lowest BCUT2D eigenvalue weighted by Crippen LogP contribution is -2.32. The molecule has 1 aromatic carbocycles. The molecule has 0 aliphatic carbocycles. The molecule has 0 aromatic heterocycles. The Hall–Kier alpha value is -0.910. The number of likely N-dealkylation sites (N-methyl/N-ethyl adjacent to an activating group) is 1. The Balaban J connectivity index is 2.13. The van der Waals surface area contributed by atoms with Gasteiger partial charge >= 0.3 is 0 Å². The zero-order chi connectivity index (χ0) is 13.7. The topological polar surface area (TPSA) is 47.7 Å². The highest BCUT2D eigenvalue weighted by atomic mass is 32.2. The maximum Gasteiger partial charge on any atom is 0.161 e. The number of hydrogen-bond donors (Lipinski definition) is 1. The van der Waals surface area contributed by atoms with Gasteiger partial charge in [0.15, 0.2) is 11.5 Å².